The Labute approximate surface area is 75.2 Å². The molecule has 0 aromatic heterocycles. The van der Waals surface area contributed by atoms with E-state index in [9.17, 15) is 8.78 Å². The lowest BCUT2D eigenvalue weighted by atomic mass is 10.1. The fourth-order valence-electron chi connectivity index (χ4n) is 0.967. The van der Waals surface area contributed by atoms with Gasteiger partial charge in [0.2, 0.25) is 0 Å². The Hall–Kier alpha value is -0.630. The quantitative estimate of drug-likeness (QED) is 0.594. The van der Waals surface area contributed by atoms with E-state index in [4.69, 9.17) is 11.6 Å². The fourth-order valence-corrected chi connectivity index (χ4v) is 1.13. The van der Waals surface area contributed by atoms with Crippen molar-refractivity contribution in [1.29, 1.82) is 0 Å². The molecule has 0 bridgehead atoms. The van der Waals surface area contributed by atoms with Gasteiger partial charge in [-0.3, -0.25) is 0 Å². The molecule has 1 aromatic carbocycles. The third-order valence-electron chi connectivity index (χ3n) is 1.71. The smallest absolute Gasteiger partial charge is 0.128 e. The Morgan fingerprint density at radius 2 is 1.83 bits per heavy atom. The molecule has 0 aliphatic carbocycles. The summed E-state index contributed by atoms with van der Waals surface area (Å²) in [5.74, 6) is -0.865. The SMILES string of the molecule is Cc1cc(F)c(C(C)Cl)cc1F. The first-order valence-corrected chi connectivity index (χ1v) is 4.05. The summed E-state index contributed by atoms with van der Waals surface area (Å²) in [6.07, 6.45) is 0. The summed E-state index contributed by atoms with van der Waals surface area (Å²) in [4.78, 5) is 0. The molecule has 66 valence electrons. The summed E-state index contributed by atoms with van der Waals surface area (Å²) in [6.45, 7) is 3.12. The zero-order valence-electron chi connectivity index (χ0n) is 6.87. The van der Waals surface area contributed by atoms with E-state index in [2.05, 4.69) is 0 Å². The van der Waals surface area contributed by atoms with E-state index >= 15 is 0 Å². The maximum absolute atomic E-state index is 13.0. The standard InChI is InChI=1S/C9H9ClF2/c1-5-3-9(12)7(6(2)10)4-8(5)11/h3-4,6H,1-2H3. The van der Waals surface area contributed by atoms with E-state index in [1.165, 1.54) is 6.92 Å². The highest BCUT2D eigenvalue weighted by Gasteiger charge is 2.10. The lowest BCUT2D eigenvalue weighted by Gasteiger charge is -2.06. The zero-order valence-corrected chi connectivity index (χ0v) is 7.62. The summed E-state index contributed by atoms with van der Waals surface area (Å²) in [5.41, 5.74) is 0.508. The van der Waals surface area contributed by atoms with E-state index in [0.29, 0.717) is 5.56 Å². The molecule has 1 atom stereocenters. The molecular formula is C9H9ClF2. The molecule has 0 radical (unpaired) electrons. The van der Waals surface area contributed by atoms with Gasteiger partial charge in [-0.2, -0.15) is 0 Å². The maximum Gasteiger partial charge on any atom is 0.128 e. The van der Waals surface area contributed by atoms with E-state index in [1.807, 2.05) is 0 Å². The molecule has 0 spiro atoms. The summed E-state index contributed by atoms with van der Waals surface area (Å²) in [5, 5.41) is -0.500. The highest BCUT2D eigenvalue weighted by molar-refractivity contribution is 6.20. The molecular weight excluding hydrogens is 182 g/mol. The molecule has 12 heavy (non-hydrogen) atoms. The summed E-state index contributed by atoms with van der Waals surface area (Å²) < 4.78 is 25.9. The van der Waals surface area contributed by atoms with Crippen LogP contribution in [0.5, 0.6) is 0 Å². The van der Waals surface area contributed by atoms with Gasteiger partial charge in [0.25, 0.3) is 0 Å². The van der Waals surface area contributed by atoms with Crippen molar-refractivity contribution in [1.82, 2.24) is 0 Å². The monoisotopic (exact) mass is 190 g/mol. The van der Waals surface area contributed by atoms with Crippen molar-refractivity contribution in [3.63, 3.8) is 0 Å². The second-order valence-electron chi connectivity index (χ2n) is 2.74. The third-order valence-corrected chi connectivity index (χ3v) is 1.94. The van der Waals surface area contributed by atoms with Gasteiger partial charge in [0.1, 0.15) is 11.6 Å². The molecule has 0 saturated heterocycles. The van der Waals surface area contributed by atoms with Crippen molar-refractivity contribution in [2.45, 2.75) is 19.2 Å². The van der Waals surface area contributed by atoms with Crippen LogP contribution in [0, 0.1) is 18.6 Å². The predicted molar refractivity (Wildman–Crippen MR) is 45.4 cm³/mol. The highest BCUT2D eigenvalue weighted by atomic mass is 35.5. The molecule has 0 aliphatic heterocycles. The van der Waals surface area contributed by atoms with Crippen molar-refractivity contribution < 1.29 is 8.78 Å². The first-order valence-electron chi connectivity index (χ1n) is 3.62. The Balaban J connectivity index is 3.23. The van der Waals surface area contributed by atoms with Crippen molar-refractivity contribution in [2.75, 3.05) is 0 Å². The van der Waals surface area contributed by atoms with Gasteiger partial charge in [-0.25, -0.2) is 8.78 Å². The van der Waals surface area contributed by atoms with Crippen LogP contribution in [-0.2, 0) is 0 Å². The van der Waals surface area contributed by atoms with Gasteiger partial charge in [0, 0.05) is 5.56 Å². The van der Waals surface area contributed by atoms with Crippen molar-refractivity contribution in [2.24, 2.45) is 0 Å². The van der Waals surface area contributed by atoms with Crippen molar-refractivity contribution in [3.05, 3.63) is 34.9 Å². The first kappa shape index (κ1) is 9.46. The summed E-state index contributed by atoms with van der Waals surface area (Å²) in [7, 11) is 0. The van der Waals surface area contributed by atoms with Crippen LogP contribution in [0.1, 0.15) is 23.4 Å². The normalized spacial score (nSPS) is 13.1. The minimum Gasteiger partial charge on any atom is -0.207 e. The zero-order chi connectivity index (χ0) is 9.30. The highest BCUT2D eigenvalue weighted by Crippen LogP contribution is 2.24. The number of hydrogen-bond acceptors (Lipinski definition) is 0. The van der Waals surface area contributed by atoms with Crippen LogP contribution in [0.4, 0.5) is 8.78 Å². The third kappa shape index (κ3) is 1.75. The molecule has 0 heterocycles. The molecule has 1 unspecified atom stereocenters. The average molecular weight is 191 g/mol. The molecule has 0 aliphatic rings. The summed E-state index contributed by atoms with van der Waals surface area (Å²) in [6, 6.07) is 2.30. The lowest BCUT2D eigenvalue weighted by Crippen LogP contribution is -1.94. The van der Waals surface area contributed by atoms with Gasteiger partial charge < -0.3 is 0 Å². The van der Waals surface area contributed by atoms with Gasteiger partial charge in [-0.05, 0) is 31.5 Å². The number of halogens is 3. The summed E-state index contributed by atoms with van der Waals surface area (Å²) >= 11 is 5.63. The Morgan fingerprint density at radius 3 is 2.33 bits per heavy atom. The van der Waals surface area contributed by atoms with E-state index in [0.717, 1.165) is 12.1 Å². The molecule has 3 heteroatoms. The molecule has 0 fully saturated rings. The Kier molecular flexibility index (Phi) is 2.68. The Morgan fingerprint density at radius 1 is 1.25 bits per heavy atom. The van der Waals surface area contributed by atoms with Crippen molar-refractivity contribution >= 4 is 11.6 Å². The largest absolute Gasteiger partial charge is 0.207 e. The van der Waals surface area contributed by atoms with Crippen molar-refractivity contribution in [3.8, 4) is 0 Å². The van der Waals surface area contributed by atoms with Gasteiger partial charge in [-0.15, -0.1) is 11.6 Å². The number of aryl methyl sites for hydroxylation is 1. The predicted octanol–water partition coefficient (Wildman–Crippen LogP) is 3.57. The van der Waals surface area contributed by atoms with E-state index < -0.39 is 17.0 Å². The van der Waals surface area contributed by atoms with Crippen LogP contribution in [-0.4, -0.2) is 0 Å². The molecule has 1 aromatic rings. The van der Waals surface area contributed by atoms with E-state index in [1.54, 1.807) is 6.92 Å². The van der Waals surface area contributed by atoms with Crippen LogP contribution in [0.3, 0.4) is 0 Å². The fraction of sp³-hybridized carbons (Fsp3) is 0.333. The number of benzene rings is 1. The molecule has 0 saturated carbocycles. The number of hydrogen-bond donors (Lipinski definition) is 0. The van der Waals surface area contributed by atoms with Crippen LogP contribution in [0.25, 0.3) is 0 Å². The lowest BCUT2D eigenvalue weighted by molar-refractivity contribution is 0.579. The van der Waals surface area contributed by atoms with Crippen LogP contribution in [0.2, 0.25) is 0 Å². The van der Waals surface area contributed by atoms with Gasteiger partial charge in [-0.1, -0.05) is 0 Å². The minimum absolute atomic E-state index is 0.208. The van der Waals surface area contributed by atoms with E-state index in [-0.39, 0.29) is 5.56 Å². The Bertz CT molecular complexity index is 295. The number of rotatable bonds is 1. The van der Waals surface area contributed by atoms with Gasteiger partial charge in [0.05, 0.1) is 5.38 Å². The minimum atomic E-state index is -0.500. The first-order chi connectivity index (χ1) is 5.52. The van der Waals surface area contributed by atoms with Crippen LogP contribution in [0.15, 0.2) is 12.1 Å². The molecule has 0 N–H and O–H groups in total. The number of alkyl halides is 1. The molecule has 0 amide bonds. The van der Waals surface area contributed by atoms with Crippen LogP contribution < -0.4 is 0 Å². The average Bonchev–Trinajstić information content (AvgIpc) is 1.96. The van der Waals surface area contributed by atoms with Crippen LogP contribution >= 0.6 is 11.6 Å². The molecule has 0 nitrogen and oxygen atoms in total. The second kappa shape index (κ2) is 3.40. The van der Waals surface area contributed by atoms with Gasteiger partial charge >= 0.3 is 0 Å². The van der Waals surface area contributed by atoms with Gasteiger partial charge in [0.15, 0.2) is 0 Å². The molecule has 1 rings (SSSR count). The maximum atomic E-state index is 13.0. The topological polar surface area (TPSA) is 0 Å². The second-order valence-corrected chi connectivity index (χ2v) is 3.39.